The van der Waals surface area contributed by atoms with Crippen LogP contribution in [0.25, 0.3) is 0 Å². The van der Waals surface area contributed by atoms with Crippen LogP contribution in [0.3, 0.4) is 0 Å². The summed E-state index contributed by atoms with van der Waals surface area (Å²) in [6.45, 7) is 1.77. The Morgan fingerprint density at radius 1 is 1.40 bits per heavy atom. The van der Waals surface area contributed by atoms with E-state index < -0.39 is 0 Å². The van der Waals surface area contributed by atoms with E-state index in [0.717, 1.165) is 25.1 Å². The van der Waals surface area contributed by atoms with Crippen LogP contribution in [0, 0.1) is 0 Å². The number of aryl methyl sites for hydroxylation is 1. The van der Waals surface area contributed by atoms with Crippen LogP contribution in [0.5, 0.6) is 0 Å². The maximum Gasteiger partial charge on any atom is 0.330 e. The second-order valence-corrected chi connectivity index (χ2v) is 4.03. The first-order valence-corrected chi connectivity index (χ1v) is 5.08. The van der Waals surface area contributed by atoms with E-state index in [1.165, 1.54) is 16.2 Å². The van der Waals surface area contributed by atoms with E-state index in [2.05, 4.69) is 5.32 Å². The van der Waals surface area contributed by atoms with Crippen molar-refractivity contribution in [2.75, 3.05) is 13.1 Å². The first-order valence-electron chi connectivity index (χ1n) is 5.08. The summed E-state index contributed by atoms with van der Waals surface area (Å²) in [6, 6.07) is 0. The van der Waals surface area contributed by atoms with Gasteiger partial charge in [0.05, 0.1) is 0 Å². The molecule has 1 aromatic rings. The fourth-order valence-corrected chi connectivity index (χ4v) is 2.04. The molecule has 0 radical (unpaired) electrons. The van der Waals surface area contributed by atoms with Gasteiger partial charge in [-0.05, 0) is 13.0 Å². The molecule has 1 aromatic heterocycles. The summed E-state index contributed by atoms with van der Waals surface area (Å²) >= 11 is 0. The van der Waals surface area contributed by atoms with Gasteiger partial charge in [0.25, 0.3) is 5.56 Å². The molecule has 1 atom stereocenters. The molecular formula is C10H15N3O2. The van der Waals surface area contributed by atoms with Gasteiger partial charge < -0.3 is 9.88 Å². The predicted octanol–water partition coefficient (Wildman–Crippen LogP) is -0.839. The van der Waals surface area contributed by atoms with Gasteiger partial charge in [-0.25, -0.2) is 4.79 Å². The molecule has 0 aliphatic carbocycles. The van der Waals surface area contributed by atoms with Crippen molar-refractivity contribution in [3.05, 3.63) is 32.6 Å². The molecule has 1 fully saturated rings. The van der Waals surface area contributed by atoms with Gasteiger partial charge >= 0.3 is 5.69 Å². The molecule has 15 heavy (non-hydrogen) atoms. The van der Waals surface area contributed by atoms with Crippen LogP contribution in [0.1, 0.15) is 17.9 Å². The third-order valence-electron chi connectivity index (χ3n) is 2.97. The fraction of sp³-hybridized carbons (Fsp3) is 0.600. The largest absolute Gasteiger partial charge is 0.330 e. The van der Waals surface area contributed by atoms with E-state index in [1.807, 2.05) is 0 Å². The lowest BCUT2D eigenvalue weighted by molar-refractivity contribution is 0.637. The molecule has 1 unspecified atom stereocenters. The normalized spacial score (nSPS) is 20.8. The lowest BCUT2D eigenvalue weighted by Gasteiger charge is -2.10. The minimum Gasteiger partial charge on any atom is -0.316 e. The van der Waals surface area contributed by atoms with E-state index in [1.54, 1.807) is 13.2 Å². The summed E-state index contributed by atoms with van der Waals surface area (Å²) in [6.07, 6.45) is 2.63. The third-order valence-corrected chi connectivity index (χ3v) is 2.97. The Hall–Kier alpha value is -1.36. The van der Waals surface area contributed by atoms with Crippen LogP contribution in [-0.4, -0.2) is 22.2 Å². The number of nitrogens with zero attached hydrogens (tertiary/aromatic N) is 2. The van der Waals surface area contributed by atoms with E-state index >= 15 is 0 Å². The third kappa shape index (κ3) is 1.63. The molecule has 82 valence electrons. The van der Waals surface area contributed by atoms with Crippen LogP contribution in [0.15, 0.2) is 15.8 Å². The average Bonchev–Trinajstić information content (AvgIpc) is 2.73. The molecule has 0 aromatic carbocycles. The van der Waals surface area contributed by atoms with E-state index in [9.17, 15) is 9.59 Å². The minimum absolute atomic E-state index is 0.160. The van der Waals surface area contributed by atoms with Gasteiger partial charge in [0.2, 0.25) is 0 Å². The van der Waals surface area contributed by atoms with Gasteiger partial charge in [0.1, 0.15) is 0 Å². The molecule has 1 N–H and O–H groups in total. The zero-order valence-corrected chi connectivity index (χ0v) is 8.99. The van der Waals surface area contributed by atoms with Gasteiger partial charge in [0.15, 0.2) is 0 Å². The molecule has 1 aliphatic heterocycles. The van der Waals surface area contributed by atoms with Crippen molar-refractivity contribution in [1.29, 1.82) is 0 Å². The summed E-state index contributed by atoms with van der Waals surface area (Å²) in [5.41, 5.74) is 0.311. The van der Waals surface area contributed by atoms with Crippen LogP contribution < -0.4 is 16.6 Å². The first-order chi connectivity index (χ1) is 7.11. The Morgan fingerprint density at radius 3 is 2.73 bits per heavy atom. The molecule has 5 nitrogen and oxygen atoms in total. The van der Waals surface area contributed by atoms with Gasteiger partial charge in [-0.15, -0.1) is 0 Å². The van der Waals surface area contributed by atoms with Gasteiger partial charge in [-0.3, -0.25) is 9.36 Å². The SMILES string of the molecule is Cn1cc(C2CCNC2)c(=O)n(C)c1=O. The van der Waals surface area contributed by atoms with Crippen molar-refractivity contribution >= 4 is 0 Å². The second kappa shape index (κ2) is 3.66. The van der Waals surface area contributed by atoms with Gasteiger partial charge in [-0.2, -0.15) is 0 Å². The highest BCUT2D eigenvalue weighted by molar-refractivity contribution is 5.14. The van der Waals surface area contributed by atoms with Crippen molar-refractivity contribution in [3.8, 4) is 0 Å². The quantitative estimate of drug-likeness (QED) is 0.656. The predicted molar refractivity (Wildman–Crippen MR) is 57.2 cm³/mol. The highest BCUT2D eigenvalue weighted by Gasteiger charge is 2.21. The Balaban J connectivity index is 2.57. The second-order valence-electron chi connectivity index (χ2n) is 4.03. The number of rotatable bonds is 1. The van der Waals surface area contributed by atoms with Crippen LogP contribution in [0.4, 0.5) is 0 Å². The Kier molecular flexibility index (Phi) is 2.48. The summed E-state index contributed by atoms with van der Waals surface area (Å²) < 4.78 is 2.64. The highest BCUT2D eigenvalue weighted by atomic mass is 16.2. The summed E-state index contributed by atoms with van der Waals surface area (Å²) in [4.78, 5) is 23.3. The standard InChI is InChI=1S/C10H15N3O2/c1-12-6-8(7-3-4-11-5-7)9(14)13(2)10(12)15/h6-7,11H,3-5H2,1-2H3. The van der Waals surface area contributed by atoms with Crippen LogP contribution in [0.2, 0.25) is 0 Å². The molecule has 1 saturated heterocycles. The number of nitrogens with one attached hydrogen (secondary N) is 1. The number of hydrogen-bond acceptors (Lipinski definition) is 3. The highest BCUT2D eigenvalue weighted by Crippen LogP contribution is 2.17. The summed E-state index contributed by atoms with van der Waals surface area (Å²) in [7, 11) is 3.20. The topological polar surface area (TPSA) is 56.0 Å². The lowest BCUT2D eigenvalue weighted by atomic mass is 10.0. The van der Waals surface area contributed by atoms with Crippen LogP contribution in [-0.2, 0) is 14.1 Å². The fourth-order valence-electron chi connectivity index (χ4n) is 2.04. The van der Waals surface area contributed by atoms with Gasteiger partial charge in [0, 0.05) is 38.3 Å². The maximum atomic E-state index is 11.9. The Morgan fingerprint density at radius 2 is 2.13 bits per heavy atom. The molecule has 5 heteroatoms. The Bertz CT molecular complexity index is 480. The molecule has 0 spiro atoms. The van der Waals surface area contributed by atoms with Crippen molar-refractivity contribution < 1.29 is 0 Å². The molecule has 0 saturated carbocycles. The maximum absolute atomic E-state index is 11.9. The zero-order valence-electron chi connectivity index (χ0n) is 8.99. The van der Waals surface area contributed by atoms with Crippen molar-refractivity contribution in [1.82, 2.24) is 14.5 Å². The average molecular weight is 209 g/mol. The number of aromatic nitrogens is 2. The monoisotopic (exact) mass is 209 g/mol. The lowest BCUT2D eigenvalue weighted by Crippen LogP contribution is -2.39. The molecule has 0 bridgehead atoms. The molecule has 2 heterocycles. The first kappa shape index (κ1) is 10.2. The van der Waals surface area contributed by atoms with Crippen LogP contribution >= 0.6 is 0 Å². The molecule has 1 aliphatic rings. The molecule has 2 rings (SSSR count). The van der Waals surface area contributed by atoms with Crippen molar-refractivity contribution in [2.24, 2.45) is 14.1 Å². The van der Waals surface area contributed by atoms with Gasteiger partial charge in [-0.1, -0.05) is 0 Å². The summed E-state index contributed by atoms with van der Waals surface area (Å²) in [5.74, 6) is 0.246. The summed E-state index contributed by atoms with van der Waals surface area (Å²) in [5, 5.41) is 3.22. The Labute approximate surface area is 87.3 Å². The van der Waals surface area contributed by atoms with Crippen molar-refractivity contribution in [3.63, 3.8) is 0 Å². The van der Waals surface area contributed by atoms with E-state index in [-0.39, 0.29) is 17.2 Å². The van der Waals surface area contributed by atoms with E-state index in [0.29, 0.717) is 0 Å². The smallest absolute Gasteiger partial charge is 0.316 e. The minimum atomic E-state index is -0.269. The zero-order chi connectivity index (χ0) is 11.0. The number of hydrogen-bond donors (Lipinski definition) is 1. The molecule has 0 amide bonds. The van der Waals surface area contributed by atoms with Crippen molar-refractivity contribution in [2.45, 2.75) is 12.3 Å². The van der Waals surface area contributed by atoms with E-state index in [4.69, 9.17) is 0 Å². The molecular weight excluding hydrogens is 194 g/mol.